The molecule has 0 radical (unpaired) electrons. The molecule has 1 amide bonds. The normalized spacial score (nSPS) is 10.8. The Morgan fingerprint density at radius 2 is 2.04 bits per heavy atom. The summed E-state index contributed by atoms with van der Waals surface area (Å²) in [6.07, 6.45) is 0. The molecule has 0 saturated heterocycles. The fourth-order valence-corrected chi connectivity index (χ4v) is 3.15. The standard InChI is InChI=1S/C18H16ClNO3S/c1-22-15-4-2-3-12-11-16(23-17(12)15)18(21)20-9-10-24-14-7-5-13(19)6-8-14/h2-8,11H,9-10H2,1H3,(H,20,21). The lowest BCUT2D eigenvalue weighted by Gasteiger charge is -2.03. The Morgan fingerprint density at radius 3 is 2.79 bits per heavy atom. The molecule has 24 heavy (non-hydrogen) atoms. The Balaban J connectivity index is 1.56. The highest BCUT2D eigenvalue weighted by atomic mass is 35.5. The van der Waals surface area contributed by atoms with E-state index in [2.05, 4.69) is 5.32 Å². The molecule has 0 bridgehead atoms. The number of fused-ring (bicyclic) bond motifs is 1. The molecule has 0 aliphatic heterocycles. The third kappa shape index (κ3) is 3.86. The second-order valence-corrected chi connectivity index (χ2v) is 6.65. The number of carbonyl (C=O) groups is 1. The van der Waals surface area contributed by atoms with Gasteiger partial charge in [0.05, 0.1) is 7.11 Å². The van der Waals surface area contributed by atoms with Gasteiger partial charge < -0.3 is 14.5 Å². The minimum absolute atomic E-state index is 0.232. The molecule has 0 spiro atoms. The number of halogens is 1. The van der Waals surface area contributed by atoms with E-state index >= 15 is 0 Å². The van der Waals surface area contributed by atoms with Crippen molar-refractivity contribution in [3.8, 4) is 5.75 Å². The lowest BCUT2D eigenvalue weighted by atomic mass is 10.2. The van der Waals surface area contributed by atoms with Crippen LogP contribution >= 0.6 is 23.4 Å². The van der Waals surface area contributed by atoms with Crippen molar-refractivity contribution in [2.24, 2.45) is 0 Å². The van der Waals surface area contributed by atoms with E-state index in [1.807, 2.05) is 36.4 Å². The number of furan rings is 1. The van der Waals surface area contributed by atoms with Crippen molar-refractivity contribution in [1.82, 2.24) is 5.32 Å². The van der Waals surface area contributed by atoms with Crippen molar-refractivity contribution >= 4 is 40.2 Å². The molecule has 0 aliphatic rings. The summed E-state index contributed by atoms with van der Waals surface area (Å²) in [6.45, 7) is 0.542. The number of thioether (sulfide) groups is 1. The predicted octanol–water partition coefficient (Wildman–Crippen LogP) is 4.62. The molecule has 2 aromatic carbocycles. The van der Waals surface area contributed by atoms with Gasteiger partial charge in [0.2, 0.25) is 0 Å². The summed E-state index contributed by atoms with van der Waals surface area (Å²) in [6, 6.07) is 14.9. The fourth-order valence-electron chi connectivity index (χ4n) is 2.26. The van der Waals surface area contributed by atoms with E-state index in [1.165, 1.54) is 0 Å². The minimum Gasteiger partial charge on any atom is -0.493 e. The predicted molar refractivity (Wildman–Crippen MR) is 97.3 cm³/mol. The summed E-state index contributed by atoms with van der Waals surface area (Å²) in [5.74, 6) is 1.43. The molecule has 3 aromatic rings. The number of rotatable bonds is 6. The first kappa shape index (κ1) is 16.7. The van der Waals surface area contributed by atoms with Crippen LogP contribution in [0.4, 0.5) is 0 Å². The average Bonchev–Trinajstić information content (AvgIpc) is 3.04. The topological polar surface area (TPSA) is 51.5 Å². The molecular weight excluding hydrogens is 346 g/mol. The zero-order valence-electron chi connectivity index (χ0n) is 13.0. The zero-order chi connectivity index (χ0) is 16.9. The molecular formula is C18H16ClNO3S. The molecule has 6 heteroatoms. The SMILES string of the molecule is COc1cccc2cc(C(=O)NCCSc3ccc(Cl)cc3)oc12. The van der Waals surface area contributed by atoms with E-state index in [1.54, 1.807) is 31.0 Å². The third-order valence-electron chi connectivity index (χ3n) is 3.42. The van der Waals surface area contributed by atoms with Crippen molar-refractivity contribution in [3.05, 3.63) is 59.3 Å². The van der Waals surface area contributed by atoms with Gasteiger partial charge in [0.25, 0.3) is 5.91 Å². The van der Waals surface area contributed by atoms with Crippen LogP contribution in [0.5, 0.6) is 5.75 Å². The van der Waals surface area contributed by atoms with Gasteiger partial charge >= 0.3 is 0 Å². The van der Waals surface area contributed by atoms with Crippen LogP contribution in [-0.2, 0) is 0 Å². The highest BCUT2D eigenvalue weighted by Gasteiger charge is 2.14. The van der Waals surface area contributed by atoms with Crippen LogP contribution in [0.2, 0.25) is 5.02 Å². The number of para-hydroxylation sites is 1. The Hall–Kier alpha value is -2.11. The Kier molecular flexibility index (Phi) is 5.33. The molecule has 0 fully saturated rings. The molecule has 0 saturated carbocycles. The highest BCUT2D eigenvalue weighted by Crippen LogP contribution is 2.28. The van der Waals surface area contributed by atoms with Crippen molar-refractivity contribution in [3.63, 3.8) is 0 Å². The second kappa shape index (κ2) is 7.64. The smallest absolute Gasteiger partial charge is 0.287 e. The summed E-state index contributed by atoms with van der Waals surface area (Å²) < 4.78 is 10.9. The van der Waals surface area contributed by atoms with Gasteiger partial charge in [0.15, 0.2) is 17.1 Å². The lowest BCUT2D eigenvalue weighted by molar-refractivity contribution is 0.0930. The summed E-state index contributed by atoms with van der Waals surface area (Å²) in [5, 5.41) is 4.42. The van der Waals surface area contributed by atoms with Gasteiger partial charge in [-0.3, -0.25) is 4.79 Å². The number of amides is 1. The lowest BCUT2D eigenvalue weighted by Crippen LogP contribution is -2.25. The zero-order valence-corrected chi connectivity index (χ0v) is 14.6. The molecule has 124 valence electrons. The summed E-state index contributed by atoms with van der Waals surface area (Å²) in [4.78, 5) is 13.3. The largest absolute Gasteiger partial charge is 0.493 e. The van der Waals surface area contributed by atoms with Crippen molar-refractivity contribution in [2.45, 2.75) is 4.90 Å². The van der Waals surface area contributed by atoms with Crippen LogP contribution in [0, 0.1) is 0 Å². The number of nitrogens with one attached hydrogen (secondary N) is 1. The van der Waals surface area contributed by atoms with Crippen molar-refractivity contribution < 1.29 is 13.9 Å². The first-order valence-electron chi connectivity index (χ1n) is 7.40. The number of hydrogen-bond acceptors (Lipinski definition) is 4. The maximum absolute atomic E-state index is 12.2. The second-order valence-electron chi connectivity index (χ2n) is 5.05. The van der Waals surface area contributed by atoms with E-state index in [0.717, 1.165) is 16.0 Å². The maximum atomic E-state index is 12.2. The van der Waals surface area contributed by atoms with E-state index in [9.17, 15) is 4.79 Å². The maximum Gasteiger partial charge on any atom is 0.287 e. The van der Waals surface area contributed by atoms with Crippen LogP contribution in [0.25, 0.3) is 11.0 Å². The molecule has 1 N–H and O–H groups in total. The monoisotopic (exact) mass is 361 g/mol. The van der Waals surface area contributed by atoms with E-state index in [4.69, 9.17) is 20.8 Å². The average molecular weight is 362 g/mol. The van der Waals surface area contributed by atoms with Crippen LogP contribution in [0.1, 0.15) is 10.6 Å². The minimum atomic E-state index is -0.232. The van der Waals surface area contributed by atoms with Gasteiger partial charge in [-0.2, -0.15) is 0 Å². The summed E-state index contributed by atoms with van der Waals surface area (Å²) in [7, 11) is 1.57. The Morgan fingerprint density at radius 1 is 1.25 bits per heavy atom. The van der Waals surface area contributed by atoms with Crippen molar-refractivity contribution in [2.75, 3.05) is 19.4 Å². The Labute approximate surface area is 149 Å². The van der Waals surface area contributed by atoms with Gasteiger partial charge in [-0.15, -0.1) is 11.8 Å². The van der Waals surface area contributed by atoms with Crippen LogP contribution < -0.4 is 10.1 Å². The number of ether oxygens (including phenoxy) is 1. The van der Waals surface area contributed by atoms with Gasteiger partial charge in [0.1, 0.15) is 0 Å². The molecule has 3 rings (SSSR count). The number of carbonyl (C=O) groups excluding carboxylic acids is 1. The van der Waals surface area contributed by atoms with Crippen LogP contribution in [0.3, 0.4) is 0 Å². The van der Waals surface area contributed by atoms with Crippen LogP contribution in [0.15, 0.2) is 57.8 Å². The van der Waals surface area contributed by atoms with E-state index < -0.39 is 0 Å². The van der Waals surface area contributed by atoms with Gasteiger partial charge in [0, 0.05) is 27.6 Å². The first-order valence-corrected chi connectivity index (χ1v) is 8.77. The molecule has 0 unspecified atom stereocenters. The number of hydrogen-bond donors (Lipinski definition) is 1. The van der Waals surface area contributed by atoms with Gasteiger partial charge in [-0.1, -0.05) is 23.7 Å². The third-order valence-corrected chi connectivity index (χ3v) is 4.69. The Bertz CT molecular complexity index is 845. The molecule has 1 aromatic heterocycles. The molecule has 0 aliphatic carbocycles. The highest BCUT2D eigenvalue weighted by molar-refractivity contribution is 7.99. The van der Waals surface area contributed by atoms with Gasteiger partial charge in [-0.25, -0.2) is 0 Å². The summed E-state index contributed by atoms with van der Waals surface area (Å²) in [5.41, 5.74) is 0.584. The first-order chi connectivity index (χ1) is 11.7. The molecule has 4 nitrogen and oxygen atoms in total. The number of methoxy groups -OCH3 is 1. The molecule has 0 atom stereocenters. The number of benzene rings is 2. The van der Waals surface area contributed by atoms with Crippen molar-refractivity contribution in [1.29, 1.82) is 0 Å². The molecule has 1 heterocycles. The van der Waals surface area contributed by atoms with Crippen LogP contribution in [-0.4, -0.2) is 25.3 Å². The van der Waals surface area contributed by atoms with E-state index in [0.29, 0.717) is 22.9 Å². The van der Waals surface area contributed by atoms with Gasteiger partial charge in [-0.05, 0) is 36.4 Å². The summed E-state index contributed by atoms with van der Waals surface area (Å²) >= 11 is 7.51. The fraction of sp³-hybridized carbons (Fsp3) is 0.167. The van der Waals surface area contributed by atoms with E-state index in [-0.39, 0.29) is 11.7 Å². The quantitative estimate of drug-likeness (QED) is 0.514.